The van der Waals surface area contributed by atoms with Crippen molar-refractivity contribution in [1.29, 1.82) is 0 Å². The molecule has 0 aromatic carbocycles. The van der Waals surface area contributed by atoms with Gasteiger partial charge in [-0.05, 0) is 119 Å². The molecule has 8 atom stereocenters. The summed E-state index contributed by atoms with van der Waals surface area (Å²) in [6.45, 7) is 6.40. The minimum absolute atomic E-state index is 0.0329. The molecule has 0 aliphatic heterocycles. The second-order valence-electron chi connectivity index (χ2n) is 12.0. The molecule has 0 amide bonds. The third kappa shape index (κ3) is 4.08. The molecular formula is C26H46N2O3. The standard InChI is InChI=1S/C26H46N2O3/c1-24-12-10-21(29)18-20(24)7-8-23-22(24)11-13-25(2)19(9-14-26(23,25)30)6-5-15-27-31-17-16-28(3)4/h15,19-23,29-30H,5-14,16-18H2,1-4H3/b27-15-/t19?,20?,21?,22-,23-,24+,25-,26-/m1/s1. The smallest absolute Gasteiger partial charge is 0.129 e. The van der Waals surface area contributed by atoms with Gasteiger partial charge < -0.3 is 20.0 Å². The van der Waals surface area contributed by atoms with E-state index in [1.165, 1.54) is 12.8 Å². The molecule has 0 spiro atoms. The number of nitrogens with zero attached hydrogens (tertiary/aromatic N) is 2. The Balaban J connectivity index is 1.38. The highest BCUT2D eigenvalue weighted by Crippen LogP contribution is 2.69. The summed E-state index contributed by atoms with van der Waals surface area (Å²) in [6, 6.07) is 0. The lowest BCUT2D eigenvalue weighted by Crippen LogP contribution is -2.62. The highest BCUT2D eigenvalue weighted by atomic mass is 16.6. The van der Waals surface area contributed by atoms with E-state index in [0.29, 0.717) is 35.7 Å². The third-order valence-electron chi connectivity index (χ3n) is 10.4. The normalized spacial score (nSPS) is 47.3. The molecule has 5 heteroatoms. The van der Waals surface area contributed by atoms with E-state index in [-0.39, 0.29) is 11.5 Å². The van der Waals surface area contributed by atoms with Crippen LogP contribution in [0.3, 0.4) is 0 Å². The number of fused-ring (bicyclic) bond motifs is 5. The summed E-state index contributed by atoms with van der Waals surface area (Å²) in [4.78, 5) is 7.45. The number of aliphatic hydroxyl groups excluding tert-OH is 1. The van der Waals surface area contributed by atoms with Gasteiger partial charge >= 0.3 is 0 Å². The molecule has 0 saturated heterocycles. The van der Waals surface area contributed by atoms with Gasteiger partial charge in [0.2, 0.25) is 0 Å². The molecule has 178 valence electrons. The number of rotatable bonds is 7. The van der Waals surface area contributed by atoms with Crippen molar-refractivity contribution in [3.8, 4) is 0 Å². The fraction of sp³-hybridized carbons (Fsp3) is 0.962. The van der Waals surface area contributed by atoms with Crippen LogP contribution in [0.1, 0.15) is 84.5 Å². The van der Waals surface area contributed by atoms with E-state index in [4.69, 9.17) is 4.84 Å². The zero-order chi connectivity index (χ0) is 22.3. The predicted molar refractivity (Wildman–Crippen MR) is 125 cm³/mol. The third-order valence-corrected chi connectivity index (χ3v) is 10.4. The minimum Gasteiger partial charge on any atom is -0.395 e. The Morgan fingerprint density at radius 3 is 2.61 bits per heavy atom. The van der Waals surface area contributed by atoms with E-state index in [2.05, 4.69) is 23.9 Å². The van der Waals surface area contributed by atoms with Gasteiger partial charge in [0.1, 0.15) is 6.61 Å². The molecule has 2 N–H and O–H groups in total. The quantitative estimate of drug-likeness (QED) is 0.353. The molecule has 4 aliphatic rings. The van der Waals surface area contributed by atoms with Crippen LogP contribution in [0.5, 0.6) is 0 Å². The van der Waals surface area contributed by atoms with Crippen LogP contribution in [0.4, 0.5) is 0 Å². The van der Waals surface area contributed by atoms with Gasteiger partial charge in [0.05, 0.1) is 11.7 Å². The van der Waals surface area contributed by atoms with Gasteiger partial charge in [-0.2, -0.15) is 0 Å². The van der Waals surface area contributed by atoms with Gasteiger partial charge in [-0.25, -0.2) is 0 Å². The van der Waals surface area contributed by atoms with Gasteiger partial charge in [-0.1, -0.05) is 19.0 Å². The molecule has 4 rings (SSSR count). The van der Waals surface area contributed by atoms with Crippen LogP contribution >= 0.6 is 0 Å². The first-order valence-electron chi connectivity index (χ1n) is 12.9. The number of hydrogen-bond donors (Lipinski definition) is 2. The highest BCUT2D eigenvalue weighted by molar-refractivity contribution is 5.56. The van der Waals surface area contributed by atoms with E-state index < -0.39 is 5.60 Å². The zero-order valence-corrected chi connectivity index (χ0v) is 20.4. The summed E-state index contributed by atoms with van der Waals surface area (Å²) in [5.74, 6) is 2.29. The number of oxime groups is 1. The average Bonchev–Trinajstić information content (AvgIpc) is 2.99. The van der Waals surface area contributed by atoms with Crippen LogP contribution in [0, 0.1) is 34.5 Å². The second kappa shape index (κ2) is 8.95. The lowest BCUT2D eigenvalue weighted by molar-refractivity contribution is -0.210. The highest BCUT2D eigenvalue weighted by Gasteiger charge is 2.66. The second-order valence-corrected chi connectivity index (χ2v) is 12.0. The van der Waals surface area contributed by atoms with Crippen molar-refractivity contribution in [2.45, 2.75) is 96.2 Å². The Hall–Kier alpha value is -0.650. The fourth-order valence-corrected chi connectivity index (χ4v) is 8.43. The van der Waals surface area contributed by atoms with Crippen molar-refractivity contribution in [3.63, 3.8) is 0 Å². The molecule has 4 aliphatic carbocycles. The van der Waals surface area contributed by atoms with Crippen molar-refractivity contribution < 1.29 is 15.1 Å². The van der Waals surface area contributed by atoms with Crippen molar-refractivity contribution in [3.05, 3.63) is 0 Å². The molecule has 0 radical (unpaired) electrons. The van der Waals surface area contributed by atoms with Crippen molar-refractivity contribution >= 4 is 6.21 Å². The molecule has 3 unspecified atom stereocenters. The van der Waals surface area contributed by atoms with Crippen molar-refractivity contribution in [1.82, 2.24) is 4.90 Å². The Labute approximate surface area is 189 Å². The average molecular weight is 435 g/mol. The molecule has 5 nitrogen and oxygen atoms in total. The molecule has 0 bridgehead atoms. The number of hydrogen-bond acceptors (Lipinski definition) is 5. The fourth-order valence-electron chi connectivity index (χ4n) is 8.43. The molecule has 0 heterocycles. The van der Waals surface area contributed by atoms with Crippen LogP contribution in [-0.4, -0.2) is 60.3 Å². The van der Waals surface area contributed by atoms with Gasteiger partial charge in [0.15, 0.2) is 0 Å². The maximum absolute atomic E-state index is 12.2. The summed E-state index contributed by atoms with van der Waals surface area (Å²) in [7, 11) is 4.07. The maximum Gasteiger partial charge on any atom is 0.129 e. The first-order valence-corrected chi connectivity index (χ1v) is 12.9. The molecular weight excluding hydrogens is 388 g/mol. The van der Waals surface area contributed by atoms with Crippen LogP contribution < -0.4 is 0 Å². The largest absolute Gasteiger partial charge is 0.395 e. The Morgan fingerprint density at radius 2 is 1.84 bits per heavy atom. The summed E-state index contributed by atoms with van der Waals surface area (Å²) in [5, 5.41) is 26.6. The SMILES string of the molecule is CN(C)CCO/N=C\CCC1CC[C@@]2(O)[C@@H]3CCC4CC(O)CC[C@]4(C)[C@@H]3CC[C@]12C. The first-order chi connectivity index (χ1) is 14.7. The van der Waals surface area contributed by atoms with Crippen LogP contribution in [-0.2, 0) is 4.84 Å². The molecule has 4 fully saturated rings. The lowest BCUT2D eigenvalue weighted by Gasteiger charge is -2.63. The van der Waals surface area contributed by atoms with Crippen molar-refractivity contribution in [2.75, 3.05) is 27.2 Å². The van der Waals surface area contributed by atoms with Crippen LogP contribution in [0.2, 0.25) is 0 Å². The van der Waals surface area contributed by atoms with Crippen LogP contribution in [0.25, 0.3) is 0 Å². The molecule has 31 heavy (non-hydrogen) atoms. The van der Waals surface area contributed by atoms with Gasteiger partial charge in [-0.15, -0.1) is 0 Å². The van der Waals surface area contributed by atoms with Gasteiger partial charge in [0.25, 0.3) is 0 Å². The topological polar surface area (TPSA) is 65.3 Å². The minimum atomic E-state index is -0.510. The van der Waals surface area contributed by atoms with E-state index >= 15 is 0 Å². The summed E-state index contributed by atoms with van der Waals surface area (Å²) in [5.41, 5.74) is -0.164. The van der Waals surface area contributed by atoms with Crippen LogP contribution in [0.15, 0.2) is 5.16 Å². The van der Waals surface area contributed by atoms with E-state index in [0.717, 1.165) is 64.3 Å². The van der Waals surface area contributed by atoms with E-state index in [1.54, 1.807) is 0 Å². The zero-order valence-electron chi connectivity index (χ0n) is 20.4. The molecule has 0 aromatic rings. The predicted octanol–water partition coefficient (Wildman–Crippen LogP) is 4.47. The van der Waals surface area contributed by atoms with Gasteiger partial charge in [0, 0.05) is 12.8 Å². The van der Waals surface area contributed by atoms with Gasteiger partial charge in [-0.3, -0.25) is 0 Å². The maximum atomic E-state index is 12.2. The summed E-state index contributed by atoms with van der Waals surface area (Å²) in [6.07, 6.45) is 13.8. The molecule has 4 saturated carbocycles. The Bertz CT molecular complexity index is 655. The monoisotopic (exact) mass is 434 g/mol. The van der Waals surface area contributed by atoms with E-state index in [1.807, 2.05) is 20.3 Å². The number of likely N-dealkylation sites (N-methyl/N-ethyl adjacent to an activating group) is 1. The van der Waals surface area contributed by atoms with E-state index in [9.17, 15) is 10.2 Å². The Kier molecular flexibility index (Phi) is 6.78. The molecule has 0 aromatic heterocycles. The Morgan fingerprint density at radius 1 is 1.03 bits per heavy atom. The summed E-state index contributed by atoms with van der Waals surface area (Å²) < 4.78 is 0. The van der Waals surface area contributed by atoms with Crippen molar-refractivity contribution in [2.24, 2.45) is 39.7 Å². The first kappa shape index (κ1) is 23.5. The summed E-state index contributed by atoms with van der Waals surface area (Å²) >= 11 is 0. The number of aliphatic hydroxyl groups is 2. The lowest BCUT2D eigenvalue weighted by atomic mass is 9.43.